The van der Waals surface area contributed by atoms with Gasteiger partial charge in [0.05, 0.1) is 27.4 Å². The maximum atomic E-state index is 11.6. The third-order valence-corrected chi connectivity index (χ3v) is 8.65. The Morgan fingerprint density at radius 1 is 0.838 bits per heavy atom. The van der Waals surface area contributed by atoms with Crippen molar-refractivity contribution in [2.24, 2.45) is 11.8 Å². The van der Waals surface area contributed by atoms with Crippen molar-refractivity contribution >= 4 is 34.6 Å². The molecule has 0 unspecified atom stereocenters. The van der Waals surface area contributed by atoms with E-state index in [9.17, 15) is 9.59 Å². The number of methoxy groups -OCH3 is 2. The van der Waals surface area contributed by atoms with E-state index in [1.54, 1.807) is 0 Å². The molecule has 37 heavy (non-hydrogen) atoms. The van der Waals surface area contributed by atoms with Crippen molar-refractivity contribution in [2.45, 2.75) is 39.5 Å². The lowest BCUT2D eigenvalue weighted by Crippen LogP contribution is -2.32. The Labute approximate surface area is 228 Å². The van der Waals surface area contributed by atoms with Crippen molar-refractivity contribution in [2.75, 3.05) is 60.7 Å². The fraction of sp³-hybridized carbons (Fsp3) is 0.630. The van der Waals surface area contributed by atoms with Gasteiger partial charge in [0.25, 0.3) is 0 Å². The van der Waals surface area contributed by atoms with Crippen molar-refractivity contribution in [3.8, 4) is 11.5 Å². The number of thiophene rings is 2. The molecule has 1 N–H and O–H groups in total. The van der Waals surface area contributed by atoms with Crippen LogP contribution in [0.3, 0.4) is 0 Å². The smallest absolute Gasteiger partial charge is 0.351 e. The van der Waals surface area contributed by atoms with Crippen LogP contribution in [-0.2, 0) is 9.47 Å². The molecule has 0 saturated carbocycles. The molecule has 2 saturated heterocycles. The molecule has 8 nitrogen and oxygen atoms in total. The first-order chi connectivity index (χ1) is 17.8. The average Bonchev–Trinajstić information content (AvgIpc) is 3.48. The second-order valence-electron chi connectivity index (χ2n) is 9.65. The maximum Gasteiger partial charge on any atom is 0.351 e. The Morgan fingerprint density at radius 3 is 1.70 bits per heavy atom. The quantitative estimate of drug-likeness (QED) is 0.468. The van der Waals surface area contributed by atoms with Gasteiger partial charge < -0.3 is 29.2 Å². The predicted molar refractivity (Wildman–Crippen MR) is 148 cm³/mol. The van der Waals surface area contributed by atoms with Crippen LogP contribution in [0.4, 0.5) is 0 Å². The Kier molecular flexibility index (Phi) is 11.7. The van der Waals surface area contributed by atoms with Crippen LogP contribution in [0.1, 0.15) is 54.8 Å². The van der Waals surface area contributed by atoms with E-state index in [-0.39, 0.29) is 11.9 Å². The summed E-state index contributed by atoms with van der Waals surface area (Å²) < 4.78 is 21.2. The van der Waals surface area contributed by atoms with Crippen LogP contribution in [0, 0.1) is 25.7 Å². The fourth-order valence-electron chi connectivity index (χ4n) is 4.36. The van der Waals surface area contributed by atoms with Gasteiger partial charge in [-0.05, 0) is 96.7 Å². The van der Waals surface area contributed by atoms with E-state index in [1.807, 2.05) is 26.0 Å². The van der Waals surface area contributed by atoms with Crippen LogP contribution in [0.25, 0.3) is 0 Å². The monoisotopic (exact) mass is 552 g/mol. The van der Waals surface area contributed by atoms with E-state index in [0.717, 1.165) is 61.6 Å². The molecule has 0 atom stereocenters. The van der Waals surface area contributed by atoms with E-state index in [2.05, 4.69) is 17.3 Å². The first-order valence-electron chi connectivity index (χ1n) is 12.8. The van der Waals surface area contributed by atoms with Crippen molar-refractivity contribution in [3.63, 3.8) is 0 Å². The highest BCUT2D eigenvalue weighted by molar-refractivity contribution is 7.14. The number of piperidine rings is 2. The second kappa shape index (κ2) is 14.7. The first kappa shape index (κ1) is 29.4. The van der Waals surface area contributed by atoms with Gasteiger partial charge in [0.15, 0.2) is 9.75 Å². The molecular weight excluding hydrogens is 512 g/mol. The van der Waals surface area contributed by atoms with Crippen LogP contribution in [0.5, 0.6) is 11.5 Å². The zero-order valence-electron chi connectivity index (χ0n) is 22.6. The SMILES string of the molecule is COC(=O)c1sc(C)cc1OCC1CCN(C)CC1.COC(=O)c1sc(C)cc1OCC1CCNCC1. The van der Waals surface area contributed by atoms with Crippen LogP contribution >= 0.6 is 22.7 Å². The molecule has 2 fully saturated rings. The Balaban J connectivity index is 0.000000206. The summed E-state index contributed by atoms with van der Waals surface area (Å²) in [6.07, 6.45) is 4.59. The summed E-state index contributed by atoms with van der Waals surface area (Å²) in [6.45, 7) is 9.67. The van der Waals surface area contributed by atoms with Crippen LogP contribution in [0.2, 0.25) is 0 Å². The molecule has 4 rings (SSSR count). The van der Waals surface area contributed by atoms with Gasteiger partial charge in [0.1, 0.15) is 11.5 Å². The highest BCUT2D eigenvalue weighted by Gasteiger charge is 2.21. The highest BCUT2D eigenvalue weighted by atomic mass is 32.1. The Morgan fingerprint density at radius 2 is 1.27 bits per heavy atom. The standard InChI is InChI=1S/C14H21NO3S.C13H19NO3S/c1-10-8-12(13(19-10)14(16)17-3)18-9-11-4-6-15(2)7-5-11;1-9-7-11(12(18-9)13(15)16-2)17-8-10-3-5-14-6-4-10/h8,11H,4-7,9H2,1-3H3;7,10,14H,3-6,8H2,1-2H3. The zero-order chi connectivity index (χ0) is 26.8. The third-order valence-electron chi connectivity index (χ3n) is 6.63. The van der Waals surface area contributed by atoms with E-state index in [4.69, 9.17) is 18.9 Å². The number of likely N-dealkylation sites (tertiary alicyclic amines) is 1. The van der Waals surface area contributed by atoms with Crippen LogP contribution in [0.15, 0.2) is 12.1 Å². The summed E-state index contributed by atoms with van der Waals surface area (Å²) in [4.78, 5) is 28.9. The molecule has 0 aromatic carbocycles. The molecular formula is C27H40N2O6S2. The summed E-state index contributed by atoms with van der Waals surface area (Å²) in [5.41, 5.74) is 0. The highest BCUT2D eigenvalue weighted by Crippen LogP contribution is 2.31. The lowest BCUT2D eigenvalue weighted by Gasteiger charge is -2.28. The van der Waals surface area contributed by atoms with Crippen molar-refractivity contribution < 1.29 is 28.5 Å². The van der Waals surface area contributed by atoms with Gasteiger partial charge in [-0.25, -0.2) is 9.59 Å². The number of carbonyl (C=O) groups excluding carboxylic acids is 2. The molecule has 10 heteroatoms. The summed E-state index contributed by atoms with van der Waals surface area (Å²) in [6, 6.07) is 3.84. The normalized spacial score (nSPS) is 17.0. The molecule has 0 spiro atoms. The molecule has 2 aliphatic rings. The summed E-state index contributed by atoms with van der Waals surface area (Å²) in [7, 11) is 4.95. The molecule has 0 amide bonds. The number of rotatable bonds is 8. The van der Waals surface area contributed by atoms with E-state index >= 15 is 0 Å². The number of hydrogen-bond donors (Lipinski definition) is 1. The van der Waals surface area contributed by atoms with Gasteiger partial charge in [-0.1, -0.05) is 0 Å². The largest absolute Gasteiger partial charge is 0.491 e. The van der Waals surface area contributed by atoms with Gasteiger partial charge in [0.2, 0.25) is 0 Å². The van der Waals surface area contributed by atoms with Gasteiger partial charge in [-0.3, -0.25) is 0 Å². The minimum Gasteiger partial charge on any atom is -0.491 e. The summed E-state index contributed by atoms with van der Waals surface area (Å²) in [5.74, 6) is 1.89. The number of nitrogens with zero attached hydrogens (tertiary/aromatic N) is 1. The molecule has 4 heterocycles. The van der Waals surface area contributed by atoms with E-state index < -0.39 is 0 Å². The Hall–Kier alpha value is -2.14. The molecule has 0 radical (unpaired) electrons. The lowest BCUT2D eigenvalue weighted by atomic mass is 9.98. The zero-order valence-corrected chi connectivity index (χ0v) is 24.2. The number of aryl methyl sites for hydroxylation is 2. The topological polar surface area (TPSA) is 86.3 Å². The molecule has 2 aliphatic heterocycles. The number of hydrogen-bond acceptors (Lipinski definition) is 10. The summed E-state index contributed by atoms with van der Waals surface area (Å²) >= 11 is 2.85. The van der Waals surface area contributed by atoms with Gasteiger partial charge in [-0.15, -0.1) is 22.7 Å². The van der Waals surface area contributed by atoms with Crippen LogP contribution in [-0.4, -0.2) is 77.5 Å². The fourth-order valence-corrected chi connectivity index (χ4v) is 6.10. The minimum atomic E-state index is -0.312. The number of esters is 2. The lowest BCUT2D eigenvalue weighted by molar-refractivity contribution is 0.0591. The number of carbonyl (C=O) groups is 2. The number of ether oxygens (including phenoxy) is 4. The van der Waals surface area contributed by atoms with Gasteiger partial charge >= 0.3 is 11.9 Å². The van der Waals surface area contributed by atoms with Crippen molar-refractivity contribution in [1.29, 1.82) is 0 Å². The van der Waals surface area contributed by atoms with Crippen molar-refractivity contribution in [3.05, 3.63) is 31.6 Å². The molecule has 2 aromatic heterocycles. The average molecular weight is 553 g/mol. The van der Waals surface area contributed by atoms with Crippen molar-refractivity contribution in [1.82, 2.24) is 10.2 Å². The molecule has 0 bridgehead atoms. The predicted octanol–water partition coefficient (Wildman–Crippen LogP) is 4.79. The molecule has 0 aliphatic carbocycles. The molecule has 206 valence electrons. The number of nitrogens with one attached hydrogen (secondary N) is 1. The van der Waals surface area contributed by atoms with E-state index in [1.165, 1.54) is 36.9 Å². The third kappa shape index (κ3) is 8.98. The van der Waals surface area contributed by atoms with Gasteiger partial charge in [-0.2, -0.15) is 0 Å². The maximum absolute atomic E-state index is 11.6. The second-order valence-corrected chi connectivity index (χ2v) is 12.2. The Bertz CT molecular complexity index is 1010. The molecule has 2 aromatic rings. The summed E-state index contributed by atoms with van der Waals surface area (Å²) in [5, 5.41) is 3.33. The van der Waals surface area contributed by atoms with Gasteiger partial charge in [0, 0.05) is 9.75 Å². The van der Waals surface area contributed by atoms with Crippen LogP contribution < -0.4 is 14.8 Å². The minimum absolute atomic E-state index is 0.309. The van der Waals surface area contributed by atoms with E-state index in [0.29, 0.717) is 46.3 Å². The first-order valence-corrected chi connectivity index (χ1v) is 14.5.